The summed E-state index contributed by atoms with van der Waals surface area (Å²) in [6.45, 7) is 0. The Kier molecular flexibility index (Phi) is 6.86. The number of nitrogens with zero attached hydrogens (tertiary/aromatic N) is 2. The Morgan fingerprint density at radius 3 is 0.984 bits per heavy atom. The summed E-state index contributed by atoms with van der Waals surface area (Å²) in [5.41, 5.74) is 12.2. The third-order valence-corrected chi connectivity index (χ3v) is 13.5. The van der Waals surface area contributed by atoms with E-state index in [2.05, 4.69) is 228 Å². The first kappa shape index (κ1) is 33.6. The van der Waals surface area contributed by atoms with Crippen LogP contribution >= 0.6 is 0 Å². The predicted molar refractivity (Wildman–Crippen MR) is 265 cm³/mol. The summed E-state index contributed by atoms with van der Waals surface area (Å²) in [6.07, 6.45) is 0. The highest BCUT2D eigenvalue weighted by Crippen LogP contribution is 2.46. The number of para-hydroxylation sites is 4. The Morgan fingerprint density at radius 2 is 0.565 bits per heavy atom. The van der Waals surface area contributed by atoms with Crippen molar-refractivity contribution in [2.45, 2.75) is 0 Å². The van der Waals surface area contributed by atoms with Crippen LogP contribution in [0, 0.1) is 0 Å². The van der Waals surface area contributed by atoms with Crippen molar-refractivity contribution in [3.05, 3.63) is 218 Å². The van der Waals surface area contributed by atoms with Crippen LogP contribution in [0.2, 0.25) is 0 Å². The summed E-state index contributed by atoms with van der Waals surface area (Å²) in [4.78, 5) is 0. The molecule has 0 amide bonds. The molecule has 2 nitrogen and oxygen atoms in total. The normalized spacial score (nSPS) is 12.2. The highest BCUT2D eigenvalue weighted by Gasteiger charge is 2.22. The third-order valence-electron chi connectivity index (χ3n) is 13.5. The zero-order valence-corrected chi connectivity index (χ0v) is 33.7. The Labute approximate surface area is 357 Å². The maximum Gasteiger partial charge on any atom is 0.0619 e. The van der Waals surface area contributed by atoms with Crippen molar-refractivity contribution < 1.29 is 0 Å². The lowest BCUT2D eigenvalue weighted by Gasteiger charge is -2.17. The van der Waals surface area contributed by atoms with Gasteiger partial charge in [-0.05, 0) is 103 Å². The van der Waals surface area contributed by atoms with Gasteiger partial charge in [-0.1, -0.05) is 170 Å². The maximum absolute atomic E-state index is 2.49. The third kappa shape index (κ3) is 4.64. The molecule has 0 radical (unpaired) electrons. The van der Waals surface area contributed by atoms with Crippen LogP contribution in [-0.2, 0) is 0 Å². The molecule has 12 aromatic carbocycles. The monoisotopic (exact) mass is 784 g/mol. The van der Waals surface area contributed by atoms with Gasteiger partial charge in [0.05, 0.1) is 22.1 Å². The van der Waals surface area contributed by atoms with Gasteiger partial charge in [-0.3, -0.25) is 0 Å². The zero-order chi connectivity index (χ0) is 40.5. The number of hydrogen-bond acceptors (Lipinski definition) is 0. The Bertz CT molecular complexity index is 3800. The van der Waals surface area contributed by atoms with Crippen molar-refractivity contribution in [1.29, 1.82) is 0 Å². The zero-order valence-electron chi connectivity index (χ0n) is 33.7. The van der Waals surface area contributed by atoms with Crippen LogP contribution in [0.1, 0.15) is 0 Å². The minimum Gasteiger partial charge on any atom is -0.308 e. The fraction of sp³-hybridized carbons (Fsp3) is 0. The van der Waals surface area contributed by atoms with Gasteiger partial charge in [-0.25, -0.2) is 0 Å². The fourth-order valence-electron chi connectivity index (χ4n) is 10.9. The van der Waals surface area contributed by atoms with Crippen molar-refractivity contribution >= 4 is 97.5 Å². The van der Waals surface area contributed by atoms with Crippen molar-refractivity contribution in [3.63, 3.8) is 0 Å². The molecule has 0 aliphatic rings. The van der Waals surface area contributed by atoms with E-state index in [-0.39, 0.29) is 0 Å². The summed E-state index contributed by atoms with van der Waals surface area (Å²) in [7, 11) is 0. The first-order valence-corrected chi connectivity index (χ1v) is 21.5. The van der Waals surface area contributed by atoms with E-state index in [1.54, 1.807) is 0 Å². The highest BCUT2D eigenvalue weighted by atomic mass is 15.0. The average Bonchev–Trinajstić information content (AvgIpc) is 3.87. The molecule has 2 heterocycles. The van der Waals surface area contributed by atoms with Gasteiger partial charge in [0, 0.05) is 54.8 Å². The summed E-state index contributed by atoms with van der Waals surface area (Å²) >= 11 is 0. The number of hydrogen-bond donors (Lipinski definition) is 0. The van der Waals surface area contributed by atoms with Gasteiger partial charge in [0.1, 0.15) is 0 Å². The molecule has 0 aliphatic heterocycles. The molecule has 0 atom stereocenters. The first-order valence-electron chi connectivity index (χ1n) is 21.5. The maximum atomic E-state index is 2.49. The van der Waals surface area contributed by atoms with E-state index in [9.17, 15) is 0 Å². The van der Waals surface area contributed by atoms with Crippen molar-refractivity contribution in [2.24, 2.45) is 0 Å². The largest absolute Gasteiger partial charge is 0.308 e. The molecule has 0 fully saturated rings. The van der Waals surface area contributed by atoms with Crippen LogP contribution in [0.15, 0.2) is 218 Å². The van der Waals surface area contributed by atoms with E-state index in [1.807, 2.05) is 0 Å². The summed E-state index contributed by atoms with van der Waals surface area (Å²) in [6, 6.07) is 81.1. The van der Waals surface area contributed by atoms with E-state index >= 15 is 0 Å². The van der Waals surface area contributed by atoms with Gasteiger partial charge >= 0.3 is 0 Å². The van der Waals surface area contributed by atoms with Crippen LogP contribution in [-0.4, -0.2) is 9.13 Å². The lowest BCUT2D eigenvalue weighted by molar-refractivity contribution is 1.19. The molecular formula is C60H36N2. The van der Waals surface area contributed by atoms with Gasteiger partial charge in [-0.2, -0.15) is 0 Å². The molecule has 0 bridgehead atoms. The molecule has 0 aliphatic carbocycles. The SMILES string of the molecule is c1ccc(-n2c3c(-c4cc5ccc6cc(-c7cccc8c9ccc%10ccccc%10c9n(-c9ccccc9)c78)cc7ccc(c4)c5c67)cccc3c3ccc4ccccc4c32)cc1. The molecule has 2 aromatic heterocycles. The summed E-state index contributed by atoms with van der Waals surface area (Å²) in [5, 5.41) is 17.7. The van der Waals surface area contributed by atoms with Gasteiger partial charge in [0.25, 0.3) is 0 Å². The second-order valence-corrected chi connectivity index (χ2v) is 16.8. The smallest absolute Gasteiger partial charge is 0.0619 e. The number of rotatable bonds is 4. The molecule has 62 heavy (non-hydrogen) atoms. The van der Waals surface area contributed by atoms with Gasteiger partial charge in [-0.15, -0.1) is 0 Å². The number of aromatic nitrogens is 2. The molecule has 0 saturated carbocycles. The van der Waals surface area contributed by atoms with E-state index in [4.69, 9.17) is 0 Å². The minimum atomic E-state index is 1.16. The Morgan fingerprint density at radius 1 is 0.226 bits per heavy atom. The number of benzene rings is 12. The quantitative estimate of drug-likeness (QED) is 0.157. The van der Waals surface area contributed by atoms with Crippen LogP contribution in [0.3, 0.4) is 0 Å². The predicted octanol–water partition coefficient (Wildman–Crippen LogP) is 16.4. The van der Waals surface area contributed by atoms with E-state index < -0.39 is 0 Å². The lowest BCUT2D eigenvalue weighted by atomic mass is 9.89. The van der Waals surface area contributed by atoms with Crippen LogP contribution in [0.25, 0.3) is 131 Å². The molecular weight excluding hydrogens is 749 g/mol. The van der Waals surface area contributed by atoms with Crippen LogP contribution in [0.5, 0.6) is 0 Å². The van der Waals surface area contributed by atoms with E-state index in [1.165, 1.54) is 120 Å². The van der Waals surface area contributed by atoms with Crippen molar-refractivity contribution in [3.8, 4) is 33.6 Å². The van der Waals surface area contributed by atoms with Crippen molar-refractivity contribution in [2.75, 3.05) is 0 Å². The lowest BCUT2D eigenvalue weighted by Crippen LogP contribution is -1.96. The fourth-order valence-corrected chi connectivity index (χ4v) is 10.9. The summed E-state index contributed by atoms with van der Waals surface area (Å²) < 4.78 is 4.99. The summed E-state index contributed by atoms with van der Waals surface area (Å²) in [5.74, 6) is 0. The molecule has 14 aromatic rings. The van der Waals surface area contributed by atoms with Crippen LogP contribution in [0.4, 0.5) is 0 Å². The second kappa shape index (κ2) is 12.7. The average molecular weight is 785 g/mol. The molecule has 0 saturated heterocycles. The van der Waals surface area contributed by atoms with Gasteiger partial charge in [0.15, 0.2) is 0 Å². The topological polar surface area (TPSA) is 9.86 Å². The standard InChI is InChI=1S/C60H36N2/c1-3-15-45(16-4-1)61-57-47-19-9-7-13-37(47)29-31-53(57)51-23-11-21-49(59(51)61)43-33-39-25-27-41-35-44(36-42-28-26-40(34-43)55(39)56(41)42)50-22-12-24-52-54-32-30-38-14-8-10-20-48(38)58(54)62(60(50)52)46-17-5-2-6-18-46/h1-36H. The first-order chi connectivity index (χ1) is 30.8. The molecule has 0 spiro atoms. The second-order valence-electron chi connectivity index (χ2n) is 16.8. The van der Waals surface area contributed by atoms with Gasteiger partial charge in [0.2, 0.25) is 0 Å². The molecule has 286 valence electrons. The van der Waals surface area contributed by atoms with Gasteiger partial charge < -0.3 is 9.13 Å². The Balaban J connectivity index is 0.995. The Hall–Kier alpha value is -8.20. The van der Waals surface area contributed by atoms with Crippen molar-refractivity contribution in [1.82, 2.24) is 9.13 Å². The van der Waals surface area contributed by atoms with E-state index in [0.717, 1.165) is 11.4 Å². The number of fused-ring (bicyclic) bond motifs is 10. The molecule has 0 unspecified atom stereocenters. The van der Waals surface area contributed by atoms with E-state index in [0.29, 0.717) is 0 Å². The molecule has 0 N–H and O–H groups in total. The minimum absolute atomic E-state index is 1.16. The highest BCUT2D eigenvalue weighted by molar-refractivity contribution is 6.27. The van der Waals surface area contributed by atoms with Crippen LogP contribution < -0.4 is 0 Å². The molecule has 14 rings (SSSR count). The molecule has 2 heteroatoms.